The molecule has 0 bridgehead atoms. The van der Waals surface area contributed by atoms with Gasteiger partial charge in [-0.05, 0) is 48.3 Å². The lowest BCUT2D eigenvalue weighted by Crippen LogP contribution is -2.30. The topological polar surface area (TPSA) is 33.1 Å². The van der Waals surface area contributed by atoms with Crippen LogP contribution in [0, 0.1) is 0 Å². The van der Waals surface area contributed by atoms with Crippen molar-refractivity contribution in [3.05, 3.63) is 15.9 Å². The Morgan fingerprint density at radius 3 is 2.67 bits per heavy atom. The normalized spacial score (nSPS) is 16.6. The van der Waals surface area contributed by atoms with Gasteiger partial charge in [-0.1, -0.05) is 6.92 Å². The minimum absolute atomic E-state index is 0.887. The molecule has 0 unspecified atom stereocenters. The molecule has 1 N–H and O–H groups in total. The molecule has 1 saturated heterocycles. The second-order valence-electron chi connectivity index (χ2n) is 4.91. The van der Waals surface area contributed by atoms with Gasteiger partial charge >= 0.3 is 0 Å². The minimum Gasteiger partial charge on any atom is -0.310 e. The summed E-state index contributed by atoms with van der Waals surface area (Å²) >= 11 is 3.65. The molecule has 18 heavy (non-hydrogen) atoms. The van der Waals surface area contributed by atoms with E-state index >= 15 is 0 Å². The maximum Gasteiger partial charge on any atom is 0.0767 e. The van der Waals surface area contributed by atoms with Crippen molar-refractivity contribution in [2.24, 2.45) is 7.05 Å². The van der Waals surface area contributed by atoms with Crippen LogP contribution < -0.4 is 5.32 Å². The van der Waals surface area contributed by atoms with Crippen molar-refractivity contribution < 1.29 is 0 Å². The van der Waals surface area contributed by atoms with Crippen molar-refractivity contribution in [1.82, 2.24) is 20.0 Å². The lowest BCUT2D eigenvalue weighted by atomic mass is 10.3. The molecule has 0 saturated carbocycles. The first-order valence-electron chi connectivity index (χ1n) is 6.85. The summed E-state index contributed by atoms with van der Waals surface area (Å²) in [6, 6.07) is 0. The van der Waals surface area contributed by atoms with Crippen molar-refractivity contribution in [3.8, 4) is 0 Å². The highest BCUT2D eigenvalue weighted by atomic mass is 79.9. The molecule has 0 amide bonds. The molecule has 2 heterocycles. The van der Waals surface area contributed by atoms with Gasteiger partial charge in [-0.25, -0.2) is 0 Å². The first-order valence-corrected chi connectivity index (χ1v) is 7.65. The number of nitrogens with one attached hydrogen (secondary N) is 1. The molecule has 1 aliphatic heterocycles. The largest absolute Gasteiger partial charge is 0.310 e. The van der Waals surface area contributed by atoms with Gasteiger partial charge in [0.1, 0.15) is 0 Å². The zero-order valence-corrected chi connectivity index (χ0v) is 13.0. The van der Waals surface area contributed by atoms with Crippen molar-refractivity contribution in [2.75, 3.05) is 26.2 Å². The number of nitrogens with zero attached hydrogens (tertiary/aromatic N) is 3. The second-order valence-corrected chi connectivity index (χ2v) is 5.70. The van der Waals surface area contributed by atoms with Crippen LogP contribution in [0.25, 0.3) is 0 Å². The summed E-state index contributed by atoms with van der Waals surface area (Å²) in [6.45, 7) is 7.79. The molecule has 0 radical (unpaired) electrons. The predicted molar refractivity (Wildman–Crippen MR) is 77.7 cm³/mol. The molecule has 1 aromatic heterocycles. The molecular weight excluding hydrogens is 292 g/mol. The number of aromatic nitrogens is 2. The van der Waals surface area contributed by atoms with E-state index in [1.54, 1.807) is 0 Å². The lowest BCUT2D eigenvalue weighted by Gasteiger charge is -2.14. The quantitative estimate of drug-likeness (QED) is 0.815. The fourth-order valence-electron chi connectivity index (χ4n) is 2.46. The van der Waals surface area contributed by atoms with Crippen LogP contribution in [0.5, 0.6) is 0 Å². The molecule has 2 rings (SSSR count). The van der Waals surface area contributed by atoms with E-state index in [1.165, 1.54) is 36.1 Å². The predicted octanol–water partition coefficient (Wildman–Crippen LogP) is 1.93. The van der Waals surface area contributed by atoms with E-state index in [1.807, 2.05) is 11.7 Å². The van der Waals surface area contributed by atoms with E-state index in [-0.39, 0.29) is 0 Å². The number of hydrogen-bond donors (Lipinski definition) is 1. The molecule has 0 atom stereocenters. The fourth-order valence-corrected chi connectivity index (χ4v) is 3.22. The van der Waals surface area contributed by atoms with Gasteiger partial charge in [0.25, 0.3) is 0 Å². The number of likely N-dealkylation sites (tertiary alicyclic amines) is 1. The molecule has 0 spiro atoms. The number of aryl methyl sites for hydroxylation is 2. The maximum atomic E-state index is 4.50. The Morgan fingerprint density at radius 1 is 1.33 bits per heavy atom. The maximum absolute atomic E-state index is 4.50. The third-order valence-corrected chi connectivity index (χ3v) is 4.51. The van der Waals surface area contributed by atoms with E-state index < -0.39 is 0 Å². The van der Waals surface area contributed by atoms with Crippen molar-refractivity contribution in [1.29, 1.82) is 0 Å². The minimum atomic E-state index is 0.887. The van der Waals surface area contributed by atoms with Crippen LogP contribution in [-0.4, -0.2) is 40.9 Å². The van der Waals surface area contributed by atoms with Crippen molar-refractivity contribution in [2.45, 2.75) is 32.7 Å². The first kappa shape index (κ1) is 14.0. The van der Waals surface area contributed by atoms with Crippen LogP contribution in [0.1, 0.15) is 31.2 Å². The summed E-state index contributed by atoms with van der Waals surface area (Å²) < 4.78 is 3.15. The highest BCUT2D eigenvalue weighted by molar-refractivity contribution is 9.10. The summed E-state index contributed by atoms with van der Waals surface area (Å²) in [7, 11) is 2.02. The van der Waals surface area contributed by atoms with Gasteiger partial charge in [0.15, 0.2) is 0 Å². The van der Waals surface area contributed by atoms with E-state index in [0.717, 1.165) is 31.7 Å². The molecule has 5 heteroatoms. The molecule has 102 valence electrons. The Labute approximate surface area is 118 Å². The van der Waals surface area contributed by atoms with Crippen LogP contribution in [0.2, 0.25) is 0 Å². The Kier molecular flexibility index (Phi) is 5.21. The number of hydrogen-bond acceptors (Lipinski definition) is 3. The summed E-state index contributed by atoms with van der Waals surface area (Å²) in [6.07, 6.45) is 3.71. The van der Waals surface area contributed by atoms with Gasteiger partial charge in [-0.2, -0.15) is 5.10 Å². The van der Waals surface area contributed by atoms with Crippen molar-refractivity contribution >= 4 is 15.9 Å². The Bertz CT molecular complexity index is 383. The Balaban J connectivity index is 1.77. The summed E-state index contributed by atoms with van der Waals surface area (Å²) in [5.41, 5.74) is 2.39. The molecule has 0 aromatic carbocycles. The second kappa shape index (κ2) is 6.68. The number of rotatable bonds is 6. The van der Waals surface area contributed by atoms with E-state index in [2.05, 4.69) is 38.2 Å². The first-order chi connectivity index (χ1) is 8.72. The van der Waals surface area contributed by atoms with Gasteiger partial charge in [0.2, 0.25) is 0 Å². The zero-order chi connectivity index (χ0) is 13.0. The van der Waals surface area contributed by atoms with Gasteiger partial charge < -0.3 is 10.2 Å². The zero-order valence-electron chi connectivity index (χ0n) is 11.4. The van der Waals surface area contributed by atoms with E-state index in [0.29, 0.717) is 0 Å². The summed E-state index contributed by atoms with van der Waals surface area (Å²) in [4.78, 5) is 2.53. The molecule has 1 aliphatic rings. The van der Waals surface area contributed by atoms with Gasteiger partial charge in [-0.15, -0.1) is 0 Å². The standard InChI is InChI=1S/C13H23BrN4/c1-3-11-13(14)12(17(2)16-11)10-15-6-9-18-7-4-5-8-18/h15H,3-10H2,1-2H3. The van der Waals surface area contributed by atoms with Crippen LogP contribution in [0.15, 0.2) is 4.47 Å². The van der Waals surface area contributed by atoms with E-state index in [9.17, 15) is 0 Å². The van der Waals surface area contributed by atoms with E-state index in [4.69, 9.17) is 0 Å². The third-order valence-electron chi connectivity index (χ3n) is 3.60. The summed E-state index contributed by atoms with van der Waals surface area (Å²) in [5.74, 6) is 0. The molecule has 1 aromatic rings. The summed E-state index contributed by atoms with van der Waals surface area (Å²) in [5, 5.41) is 8.02. The highest BCUT2D eigenvalue weighted by Crippen LogP contribution is 2.21. The smallest absolute Gasteiger partial charge is 0.0767 e. The van der Waals surface area contributed by atoms with Gasteiger partial charge in [0.05, 0.1) is 15.9 Å². The molecule has 1 fully saturated rings. The molecular formula is C13H23BrN4. The average Bonchev–Trinajstić information content (AvgIpc) is 2.96. The van der Waals surface area contributed by atoms with Crippen LogP contribution in [-0.2, 0) is 20.0 Å². The fraction of sp³-hybridized carbons (Fsp3) is 0.769. The average molecular weight is 315 g/mol. The van der Waals surface area contributed by atoms with Gasteiger partial charge in [-0.3, -0.25) is 4.68 Å². The monoisotopic (exact) mass is 314 g/mol. The van der Waals surface area contributed by atoms with Gasteiger partial charge in [0, 0.05) is 26.7 Å². The number of halogens is 1. The van der Waals surface area contributed by atoms with Crippen molar-refractivity contribution in [3.63, 3.8) is 0 Å². The Hall–Kier alpha value is -0.390. The highest BCUT2D eigenvalue weighted by Gasteiger charge is 2.13. The van der Waals surface area contributed by atoms with Crippen LogP contribution in [0.4, 0.5) is 0 Å². The third kappa shape index (κ3) is 3.33. The van der Waals surface area contributed by atoms with Crippen LogP contribution in [0.3, 0.4) is 0 Å². The van der Waals surface area contributed by atoms with Crippen LogP contribution >= 0.6 is 15.9 Å². The Morgan fingerprint density at radius 2 is 2.06 bits per heavy atom. The lowest BCUT2D eigenvalue weighted by molar-refractivity contribution is 0.335. The molecule has 0 aliphatic carbocycles. The SMILES string of the molecule is CCc1nn(C)c(CNCCN2CCCC2)c1Br. The molecule has 4 nitrogen and oxygen atoms in total.